The molecule has 5 nitrogen and oxygen atoms in total. The smallest absolute Gasteiger partial charge is 0.131 e. The van der Waals surface area contributed by atoms with E-state index >= 15 is 0 Å². The summed E-state index contributed by atoms with van der Waals surface area (Å²) < 4.78 is 5.35. The lowest BCUT2D eigenvalue weighted by Crippen LogP contribution is -2.36. The Morgan fingerprint density at radius 2 is 2.11 bits per heavy atom. The van der Waals surface area contributed by atoms with Gasteiger partial charge in [0.2, 0.25) is 0 Å². The Hall–Kier alpha value is -1.33. The van der Waals surface area contributed by atoms with Gasteiger partial charge in [0.1, 0.15) is 11.6 Å². The molecule has 0 aliphatic carbocycles. The van der Waals surface area contributed by atoms with Gasteiger partial charge in [-0.3, -0.25) is 0 Å². The monoisotopic (exact) mass is 250 g/mol. The van der Waals surface area contributed by atoms with Crippen molar-refractivity contribution < 1.29 is 4.74 Å². The van der Waals surface area contributed by atoms with E-state index in [0.29, 0.717) is 0 Å². The number of unbranched alkanes of at least 4 members (excludes halogenated alkanes) is 1. The molecule has 2 rings (SSSR count). The van der Waals surface area contributed by atoms with Crippen LogP contribution in [0.4, 0.5) is 11.6 Å². The van der Waals surface area contributed by atoms with Crippen LogP contribution < -0.4 is 16.0 Å². The molecule has 1 aromatic rings. The fourth-order valence-electron chi connectivity index (χ4n) is 1.98. The maximum atomic E-state index is 5.47. The van der Waals surface area contributed by atoms with E-state index in [2.05, 4.69) is 21.3 Å². The summed E-state index contributed by atoms with van der Waals surface area (Å²) in [6.07, 6.45) is 2.14. The van der Waals surface area contributed by atoms with Crippen molar-refractivity contribution in [3.8, 4) is 0 Å². The number of nitrogens with one attached hydrogen (secondary N) is 1. The standard InChI is InChI=1S/C13H22N4O/c14-6-1-2-7-15-12-4-3-5-13(16-12)17-8-10-18-11-9-17/h3-5H,1-2,6-11,14H2,(H,15,16). The van der Waals surface area contributed by atoms with Gasteiger partial charge < -0.3 is 20.7 Å². The number of nitrogens with two attached hydrogens (primary N) is 1. The average molecular weight is 250 g/mol. The molecular formula is C13H22N4O. The van der Waals surface area contributed by atoms with Crippen molar-refractivity contribution in [3.05, 3.63) is 18.2 Å². The molecular weight excluding hydrogens is 228 g/mol. The van der Waals surface area contributed by atoms with Gasteiger partial charge in [0.25, 0.3) is 0 Å². The van der Waals surface area contributed by atoms with Gasteiger partial charge in [-0.2, -0.15) is 0 Å². The van der Waals surface area contributed by atoms with Crippen LogP contribution in [0.25, 0.3) is 0 Å². The first-order valence-electron chi connectivity index (χ1n) is 6.64. The van der Waals surface area contributed by atoms with E-state index < -0.39 is 0 Å². The predicted octanol–water partition coefficient (Wildman–Crippen LogP) is 1.07. The Labute approximate surface area is 108 Å². The Balaban J connectivity index is 1.88. The highest BCUT2D eigenvalue weighted by atomic mass is 16.5. The number of nitrogens with zero attached hydrogens (tertiary/aromatic N) is 2. The second kappa shape index (κ2) is 7.18. The van der Waals surface area contributed by atoms with Crippen LogP contribution in [0.1, 0.15) is 12.8 Å². The number of hydrogen-bond donors (Lipinski definition) is 2. The number of rotatable bonds is 6. The molecule has 0 aromatic carbocycles. The van der Waals surface area contributed by atoms with Gasteiger partial charge in [0.05, 0.1) is 13.2 Å². The molecule has 0 unspecified atom stereocenters. The van der Waals surface area contributed by atoms with Gasteiger partial charge in [-0.15, -0.1) is 0 Å². The largest absolute Gasteiger partial charge is 0.378 e. The molecule has 1 aromatic heterocycles. The van der Waals surface area contributed by atoms with Crippen molar-refractivity contribution >= 4 is 11.6 Å². The zero-order valence-corrected chi connectivity index (χ0v) is 10.8. The van der Waals surface area contributed by atoms with E-state index in [-0.39, 0.29) is 0 Å². The number of morpholine rings is 1. The second-order valence-electron chi connectivity index (χ2n) is 4.40. The third-order valence-electron chi connectivity index (χ3n) is 3.01. The molecule has 1 aliphatic heterocycles. The van der Waals surface area contributed by atoms with Crippen LogP contribution >= 0.6 is 0 Å². The SMILES string of the molecule is NCCCCNc1cccc(N2CCOCC2)n1. The minimum absolute atomic E-state index is 0.753. The van der Waals surface area contributed by atoms with Crippen molar-refractivity contribution in [2.45, 2.75) is 12.8 Å². The maximum absolute atomic E-state index is 5.47. The minimum atomic E-state index is 0.753. The number of ether oxygens (including phenoxy) is 1. The third-order valence-corrected chi connectivity index (χ3v) is 3.01. The van der Waals surface area contributed by atoms with Gasteiger partial charge in [0, 0.05) is 19.6 Å². The molecule has 0 spiro atoms. The molecule has 2 heterocycles. The molecule has 0 bridgehead atoms. The van der Waals surface area contributed by atoms with E-state index in [4.69, 9.17) is 10.5 Å². The summed E-state index contributed by atoms with van der Waals surface area (Å²) in [5.41, 5.74) is 5.47. The molecule has 0 radical (unpaired) electrons. The average Bonchev–Trinajstić information content (AvgIpc) is 2.45. The minimum Gasteiger partial charge on any atom is -0.378 e. The first-order valence-corrected chi connectivity index (χ1v) is 6.64. The van der Waals surface area contributed by atoms with Crippen molar-refractivity contribution in [1.29, 1.82) is 0 Å². The third kappa shape index (κ3) is 3.85. The first-order chi connectivity index (χ1) is 8.90. The molecule has 18 heavy (non-hydrogen) atoms. The van der Waals surface area contributed by atoms with Crippen LogP contribution in [0.3, 0.4) is 0 Å². The summed E-state index contributed by atoms with van der Waals surface area (Å²) in [7, 11) is 0. The van der Waals surface area contributed by atoms with Crippen LogP contribution in [-0.4, -0.2) is 44.4 Å². The lowest BCUT2D eigenvalue weighted by Gasteiger charge is -2.28. The molecule has 0 atom stereocenters. The zero-order valence-electron chi connectivity index (χ0n) is 10.8. The number of aromatic nitrogens is 1. The molecule has 1 aliphatic rings. The Morgan fingerprint density at radius 1 is 1.28 bits per heavy atom. The summed E-state index contributed by atoms with van der Waals surface area (Å²) in [5, 5.41) is 3.33. The van der Waals surface area contributed by atoms with E-state index in [1.807, 2.05) is 12.1 Å². The van der Waals surface area contributed by atoms with Crippen molar-refractivity contribution in [2.75, 3.05) is 49.6 Å². The van der Waals surface area contributed by atoms with Crippen LogP contribution in [0.15, 0.2) is 18.2 Å². The molecule has 0 amide bonds. The normalized spacial score (nSPS) is 15.7. The second-order valence-corrected chi connectivity index (χ2v) is 4.40. The summed E-state index contributed by atoms with van der Waals surface area (Å²) in [6.45, 7) is 5.10. The lowest BCUT2D eigenvalue weighted by molar-refractivity contribution is 0.122. The van der Waals surface area contributed by atoms with Gasteiger partial charge in [-0.1, -0.05) is 6.07 Å². The van der Waals surface area contributed by atoms with Crippen LogP contribution in [0.5, 0.6) is 0 Å². The summed E-state index contributed by atoms with van der Waals surface area (Å²) in [5.74, 6) is 1.97. The van der Waals surface area contributed by atoms with Crippen LogP contribution in [-0.2, 0) is 4.74 Å². The number of hydrogen-bond acceptors (Lipinski definition) is 5. The highest BCUT2D eigenvalue weighted by molar-refractivity contribution is 5.47. The Bertz CT molecular complexity index is 353. The van der Waals surface area contributed by atoms with Gasteiger partial charge in [0.15, 0.2) is 0 Å². The number of pyridine rings is 1. The Morgan fingerprint density at radius 3 is 2.89 bits per heavy atom. The van der Waals surface area contributed by atoms with Crippen LogP contribution in [0.2, 0.25) is 0 Å². The van der Waals surface area contributed by atoms with Crippen LogP contribution in [0, 0.1) is 0 Å². The van der Waals surface area contributed by atoms with Gasteiger partial charge >= 0.3 is 0 Å². The topological polar surface area (TPSA) is 63.4 Å². The zero-order chi connectivity index (χ0) is 12.6. The van der Waals surface area contributed by atoms with Crippen molar-refractivity contribution in [2.24, 2.45) is 5.73 Å². The van der Waals surface area contributed by atoms with E-state index in [1.54, 1.807) is 0 Å². The molecule has 1 saturated heterocycles. The molecule has 1 fully saturated rings. The summed E-state index contributed by atoms with van der Waals surface area (Å²) in [4.78, 5) is 6.88. The highest BCUT2D eigenvalue weighted by Gasteiger charge is 2.12. The fraction of sp³-hybridized carbons (Fsp3) is 0.615. The first kappa shape index (κ1) is 13.1. The molecule has 100 valence electrons. The van der Waals surface area contributed by atoms with E-state index in [0.717, 1.165) is 63.9 Å². The predicted molar refractivity (Wildman–Crippen MR) is 74.0 cm³/mol. The van der Waals surface area contributed by atoms with Gasteiger partial charge in [-0.05, 0) is 31.5 Å². The molecule has 5 heteroatoms. The van der Waals surface area contributed by atoms with E-state index in [9.17, 15) is 0 Å². The highest BCUT2D eigenvalue weighted by Crippen LogP contribution is 2.15. The van der Waals surface area contributed by atoms with Crippen molar-refractivity contribution in [3.63, 3.8) is 0 Å². The Kier molecular flexibility index (Phi) is 5.23. The van der Waals surface area contributed by atoms with Gasteiger partial charge in [-0.25, -0.2) is 4.98 Å². The number of anilines is 2. The van der Waals surface area contributed by atoms with E-state index in [1.165, 1.54) is 0 Å². The fourth-order valence-corrected chi connectivity index (χ4v) is 1.98. The molecule has 3 N–H and O–H groups in total. The van der Waals surface area contributed by atoms with Crippen molar-refractivity contribution in [1.82, 2.24) is 4.98 Å². The lowest BCUT2D eigenvalue weighted by atomic mass is 10.3. The maximum Gasteiger partial charge on any atom is 0.131 e. The molecule has 0 saturated carbocycles. The summed E-state index contributed by atoms with van der Waals surface area (Å²) in [6, 6.07) is 6.10. The quantitative estimate of drug-likeness (QED) is 0.739. The summed E-state index contributed by atoms with van der Waals surface area (Å²) >= 11 is 0.